The van der Waals surface area contributed by atoms with Crippen molar-refractivity contribution < 1.29 is 9.59 Å². The van der Waals surface area contributed by atoms with E-state index in [0.717, 1.165) is 10.2 Å². The van der Waals surface area contributed by atoms with Crippen LogP contribution in [0.15, 0.2) is 46.2 Å². The van der Waals surface area contributed by atoms with Gasteiger partial charge in [0.1, 0.15) is 5.69 Å². The van der Waals surface area contributed by atoms with Crippen LogP contribution in [0.4, 0.5) is 5.69 Å². The summed E-state index contributed by atoms with van der Waals surface area (Å²) in [7, 11) is 3.05. The van der Waals surface area contributed by atoms with Gasteiger partial charge < -0.3 is 11.1 Å². The Bertz CT molecular complexity index is 1010. The van der Waals surface area contributed by atoms with Gasteiger partial charge in [0.25, 0.3) is 11.5 Å². The normalized spacial score (nSPS) is 19.6. The fourth-order valence-corrected chi connectivity index (χ4v) is 2.83. The number of nitrogens with zero attached hydrogens (tertiary/aromatic N) is 4. The molecule has 1 aliphatic rings. The summed E-state index contributed by atoms with van der Waals surface area (Å²) in [6.07, 6.45) is 0.171. The van der Waals surface area contributed by atoms with E-state index in [-0.39, 0.29) is 29.5 Å². The summed E-state index contributed by atoms with van der Waals surface area (Å²) in [5, 5.41) is 6.67. The van der Waals surface area contributed by atoms with Crippen LogP contribution in [0.1, 0.15) is 29.4 Å². The molecule has 0 aliphatic carbocycles. The zero-order chi connectivity index (χ0) is 19.8. The summed E-state index contributed by atoms with van der Waals surface area (Å²) in [6.45, 7) is 1.82. The second-order valence-corrected chi connectivity index (χ2v) is 6.59. The molecule has 3 rings (SSSR count). The third-order valence-corrected chi connectivity index (χ3v) is 4.51. The average Bonchev–Trinajstić information content (AvgIpc) is 2.62. The van der Waals surface area contributed by atoms with Gasteiger partial charge in [-0.1, -0.05) is 12.1 Å². The molecule has 0 spiro atoms. The van der Waals surface area contributed by atoms with Gasteiger partial charge in [0.05, 0.1) is 12.0 Å². The van der Waals surface area contributed by atoms with Crippen LogP contribution in [-0.4, -0.2) is 39.5 Å². The number of nitrogens with two attached hydrogens (primary N) is 1. The number of anilines is 1. The summed E-state index contributed by atoms with van der Waals surface area (Å²) < 4.78 is 1.09. The van der Waals surface area contributed by atoms with Crippen molar-refractivity contribution in [1.82, 2.24) is 14.7 Å². The highest BCUT2D eigenvalue weighted by atomic mass is 16.2. The number of aryl methyl sites for hydroxylation is 1. The molecule has 1 aromatic heterocycles. The van der Waals surface area contributed by atoms with E-state index >= 15 is 0 Å². The van der Waals surface area contributed by atoms with Gasteiger partial charge in [-0.25, -0.2) is 9.67 Å². The van der Waals surface area contributed by atoms with Gasteiger partial charge in [0.2, 0.25) is 5.91 Å². The van der Waals surface area contributed by atoms with Crippen LogP contribution in [0.25, 0.3) is 0 Å². The minimum absolute atomic E-state index is 0.116. The maximum absolute atomic E-state index is 12.4. The number of carbonyl (C=O) groups is 2. The molecular weight excluding hydrogens is 348 g/mol. The average molecular weight is 368 g/mol. The minimum Gasteiger partial charge on any atom is -0.369 e. The SMILES string of the molecule is CN1C(=O)C[C@@](C)(c2cccc(NC(=O)c3ccc(=O)n(C)n3)c2)N=C1N. The summed E-state index contributed by atoms with van der Waals surface area (Å²) >= 11 is 0. The number of amides is 2. The number of hydrogen-bond donors (Lipinski definition) is 2. The molecule has 2 aromatic rings. The lowest BCUT2D eigenvalue weighted by Gasteiger charge is -2.33. The summed E-state index contributed by atoms with van der Waals surface area (Å²) in [4.78, 5) is 41.7. The van der Waals surface area contributed by atoms with Crippen LogP contribution in [0.2, 0.25) is 0 Å². The first-order valence-electron chi connectivity index (χ1n) is 8.28. The summed E-state index contributed by atoms with van der Waals surface area (Å²) in [6, 6.07) is 9.70. The number of guanidine groups is 1. The molecule has 9 heteroatoms. The van der Waals surface area contributed by atoms with Crippen LogP contribution in [0.5, 0.6) is 0 Å². The van der Waals surface area contributed by atoms with Crippen molar-refractivity contribution >= 4 is 23.5 Å². The highest BCUT2D eigenvalue weighted by Gasteiger charge is 2.36. The van der Waals surface area contributed by atoms with Gasteiger partial charge in [0, 0.05) is 25.8 Å². The molecule has 2 amide bonds. The maximum atomic E-state index is 12.4. The number of aromatic nitrogens is 2. The number of nitrogens with one attached hydrogen (secondary N) is 1. The standard InChI is InChI=1S/C18H20N6O3/c1-18(10-15(26)23(2)17(19)21-18)11-5-4-6-12(9-11)20-16(27)13-7-8-14(25)24(3)22-13/h4-9H,10H2,1-3H3,(H2,19,21)(H,20,27)/t18-/m0/s1. The lowest BCUT2D eigenvalue weighted by Crippen LogP contribution is -2.47. The van der Waals surface area contributed by atoms with Crippen molar-refractivity contribution in [3.05, 3.63) is 58.0 Å². The molecule has 0 fully saturated rings. The van der Waals surface area contributed by atoms with E-state index in [1.807, 2.05) is 13.0 Å². The zero-order valence-electron chi connectivity index (χ0n) is 15.3. The van der Waals surface area contributed by atoms with Crippen LogP contribution < -0.4 is 16.6 Å². The van der Waals surface area contributed by atoms with E-state index in [0.29, 0.717) is 5.69 Å². The lowest BCUT2D eigenvalue weighted by atomic mass is 9.87. The predicted octanol–water partition coefficient (Wildman–Crippen LogP) is 0.425. The molecule has 2 heterocycles. The third kappa shape index (κ3) is 3.57. The quantitative estimate of drug-likeness (QED) is 0.813. The molecule has 0 unspecified atom stereocenters. The Balaban J connectivity index is 1.87. The van der Waals surface area contributed by atoms with E-state index in [2.05, 4.69) is 15.4 Å². The Kier molecular flexibility index (Phi) is 4.52. The predicted molar refractivity (Wildman–Crippen MR) is 100 cm³/mol. The second kappa shape index (κ2) is 6.67. The molecule has 3 N–H and O–H groups in total. The fourth-order valence-electron chi connectivity index (χ4n) is 2.83. The molecule has 9 nitrogen and oxygen atoms in total. The van der Waals surface area contributed by atoms with E-state index < -0.39 is 11.4 Å². The highest BCUT2D eigenvalue weighted by Crippen LogP contribution is 2.34. The van der Waals surface area contributed by atoms with Crippen LogP contribution in [-0.2, 0) is 17.4 Å². The lowest BCUT2D eigenvalue weighted by molar-refractivity contribution is -0.128. The van der Waals surface area contributed by atoms with E-state index in [9.17, 15) is 14.4 Å². The van der Waals surface area contributed by atoms with Crippen molar-refractivity contribution in [3.63, 3.8) is 0 Å². The molecule has 0 radical (unpaired) electrons. The van der Waals surface area contributed by atoms with Crippen molar-refractivity contribution in [2.75, 3.05) is 12.4 Å². The van der Waals surface area contributed by atoms with Crippen LogP contribution >= 0.6 is 0 Å². The first kappa shape index (κ1) is 18.3. The molecule has 1 aliphatic heterocycles. The monoisotopic (exact) mass is 368 g/mol. The Morgan fingerprint density at radius 1 is 1.22 bits per heavy atom. The largest absolute Gasteiger partial charge is 0.369 e. The van der Waals surface area contributed by atoms with E-state index in [1.165, 1.54) is 24.1 Å². The van der Waals surface area contributed by atoms with Gasteiger partial charge in [-0.2, -0.15) is 5.10 Å². The summed E-state index contributed by atoms with van der Waals surface area (Å²) in [5.74, 6) is -0.429. The van der Waals surface area contributed by atoms with Crippen molar-refractivity contribution in [3.8, 4) is 0 Å². The zero-order valence-corrected chi connectivity index (χ0v) is 15.3. The van der Waals surface area contributed by atoms with E-state index in [4.69, 9.17) is 5.73 Å². The van der Waals surface area contributed by atoms with Crippen molar-refractivity contribution in [2.24, 2.45) is 17.8 Å². The van der Waals surface area contributed by atoms with Gasteiger partial charge in [-0.15, -0.1) is 0 Å². The molecule has 1 aromatic carbocycles. The third-order valence-electron chi connectivity index (χ3n) is 4.51. The molecule has 0 saturated heterocycles. The van der Waals surface area contributed by atoms with Crippen molar-refractivity contribution in [2.45, 2.75) is 18.9 Å². The maximum Gasteiger partial charge on any atom is 0.276 e. The number of benzene rings is 1. The molecule has 27 heavy (non-hydrogen) atoms. The van der Waals surface area contributed by atoms with Crippen molar-refractivity contribution in [1.29, 1.82) is 0 Å². The fraction of sp³-hybridized carbons (Fsp3) is 0.278. The van der Waals surface area contributed by atoms with Gasteiger partial charge >= 0.3 is 0 Å². The highest BCUT2D eigenvalue weighted by molar-refractivity contribution is 6.03. The molecule has 0 saturated carbocycles. The Labute approximate surface area is 155 Å². The van der Waals surface area contributed by atoms with Gasteiger partial charge in [-0.3, -0.25) is 19.3 Å². The number of aliphatic imine (C=N–C) groups is 1. The Morgan fingerprint density at radius 2 is 1.96 bits per heavy atom. The number of rotatable bonds is 3. The van der Waals surface area contributed by atoms with Gasteiger partial charge in [0.15, 0.2) is 5.96 Å². The van der Waals surface area contributed by atoms with Crippen LogP contribution in [0.3, 0.4) is 0 Å². The smallest absolute Gasteiger partial charge is 0.276 e. The summed E-state index contributed by atoms with van der Waals surface area (Å²) in [5.41, 5.74) is 6.12. The van der Waals surface area contributed by atoms with Gasteiger partial charge in [-0.05, 0) is 30.7 Å². The minimum atomic E-state index is -0.816. The van der Waals surface area contributed by atoms with E-state index in [1.54, 1.807) is 25.2 Å². The first-order valence-corrected chi connectivity index (χ1v) is 8.28. The number of hydrogen-bond acceptors (Lipinski definition) is 6. The second-order valence-electron chi connectivity index (χ2n) is 6.59. The molecule has 1 atom stereocenters. The first-order chi connectivity index (χ1) is 12.7. The molecule has 140 valence electrons. The van der Waals surface area contributed by atoms with Crippen LogP contribution in [0, 0.1) is 0 Å². The number of carbonyl (C=O) groups excluding carboxylic acids is 2. The molecule has 0 bridgehead atoms. The Morgan fingerprint density at radius 3 is 2.63 bits per heavy atom. The topological polar surface area (TPSA) is 123 Å². The molecular formula is C18H20N6O3. The Hall–Kier alpha value is -3.49.